The van der Waals surface area contributed by atoms with Crippen molar-refractivity contribution in [1.82, 2.24) is 9.47 Å². The normalized spacial score (nSPS) is 19.0. The third-order valence-corrected chi connectivity index (χ3v) is 10.6. The highest BCUT2D eigenvalue weighted by atomic mass is 32.2. The fourth-order valence-corrected chi connectivity index (χ4v) is 7.72. The minimum atomic E-state index is -4.60. The van der Waals surface area contributed by atoms with Crippen molar-refractivity contribution in [2.45, 2.75) is 89.2 Å². The molecule has 2 unspecified atom stereocenters. The van der Waals surface area contributed by atoms with Gasteiger partial charge in [0.15, 0.2) is 9.84 Å². The van der Waals surface area contributed by atoms with Crippen molar-refractivity contribution in [3.05, 3.63) is 42.1 Å². The molecule has 3 aromatic rings. The summed E-state index contributed by atoms with van der Waals surface area (Å²) in [4.78, 5) is 29.5. The number of sulfone groups is 1. The smallest absolute Gasteiger partial charge is 0.415 e. The number of benzene rings is 2. The number of aromatic nitrogens is 1. The van der Waals surface area contributed by atoms with Crippen LogP contribution in [0.5, 0.6) is 11.5 Å². The molecule has 1 saturated heterocycles. The first-order chi connectivity index (χ1) is 28.0. The second kappa shape index (κ2) is 18.8. The zero-order valence-corrected chi connectivity index (χ0v) is 36.2. The van der Waals surface area contributed by atoms with Crippen LogP contribution >= 0.6 is 0 Å². The Morgan fingerprint density at radius 3 is 2.23 bits per heavy atom. The maximum absolute atomic E-state index is 14.2. The molecule has 0 aliphatic carbocycles. The number of methoxy groups -OCH3 is 1. The molecule has 330 valence electrons. The Hall–Kier alpha value is -4.86. The number of hydrogen-bond acceptors (Lipinski definition) is 11. The summed E-state index contributed by atoms with van der Waals surface area (Å²) in [6.45, 7) is 10.2. The van der Waals surface area contributed by atoms with E-state index in [0.717, 1.165) is 15.7 Å². The third kappa shape index (κ3) is 12.6. The highest BCUT2D eigenvalue weighted by Crippen LogP contribution is 2.39. The maximum Gasteiger partial charge on any atom is 0.415 e. The van der Waals surface area contributed by atoms with E-state index in [4.69, 9.17) is 28.4 Å². The Morgan fingerprint density at radius 2 is 1.58 bits per heavy atom. The van der Waals surface area contributed by atoms with Gasteiger partial charge < -0.3 is 43.2 Å². The van der Waals surface area contributed by atoms with E-state index in [9.17, 15) is 31.2 Å². The molecule has 2 aromatic carbocycles. The largest absolute Gasteiger partial charge is 0.495 e. The van der Waals surface area contributed by atoms with Crippen molar-refractivity contribution >= 4 is 44.3 Å². The number of hydrogen-bond donors (Lipinski definition) is 1. The summed E-state index contributed by atoms with van der Waals surface area (Å²) in [6, 6.07) is 8.98. The second-order valence-electron chi connectivity index (χ2n) is 16.7. The number of nitrogens with one attached hydrogen (secondary N) is 1. The van der Waals surface area contributed by atoms with Gasteiger partial charge >= 0.3 is 18.4 Å². The number of anilines is 2. The number of ether oxygens (including phenoxy) is 6. The van der Waals surface area contributed by atoms with Gasteiger partial charge in [-0.2, -0.15) is 13.2 Å². The van der Waals surface area contributed by atoms with Gasteiger partial charge in [0.25, 0.3) is 0 Å². The van der Waals surface area contributed by atoms with Crippen LogP contribution in [0, 0.1) is 17.8 Å². The van der Waals surface area contributed by atoms with E-state index in [1.54, 1.807) is 70.7 Å². The zero-order chi connectivity index (χ0) is 44.0. The number of amides is 2. The summed E-state index contributed by atoms with van der Waals surface area (Å²) >= 11 is 0. The maximum atomic E-state index is 14.2. The van der Waals surface area contributed by atoms with E-state index in [-0.39, 0.29) is 71.7 Å². The molecule has 18 heteroatoms. The molecule has 4 bridgehead atoms. The molecule has 1 fully saturated rings. The number of piperidine rings is 1. The number of fused-ring (bicyclic) bond motifs is 4. The van der Waals surface area contributed by atoms with Gasteiger partial charge in [0, 0.05) is 55.2 Å². The highest BCUT2D eigenvalue weighted by Gasteiger charge is 2.35. The van der Waals surface area contributed by atoms with E-state index >= 15 is 0 Å². The average Bonchev–Trinajstić information content (AvgIpc) is 3.46. The molecule has 2 aliphatic heterocycles. The van der Waals surface area contributed by atoms with Crippen LogP contribution in [-0.2, 0) is 35.3 Å². The Morgan fingerprint density at radius 1 is 0.917 bits per heavy atom. The molecule has 0 radical (unpaired) electrons. The molecule has 0 spiro atoms. The summed E-state index contributed by atoms with van der Waals surface area (Å²) in [5.41, 5.74) is -0.709. The third-order valence-electron chi connectivity index (χ3n) is 9.50. The predicted molar refractivity (Wildman–Crippen MR) is 220 cm³/mol. The van der Waals surface area contributed by atoms with Gasteiger partial charge in [0.1, 0.15) is 40.7 Å². The number of alkyl halides is 3. The standard InChI is InChI=1S/C42H55F3N4O10S/c1-40(2,3)58-38(50)47-17-14-31-28(26-47)15-18-55-19-20-56-21-22-57-36-24-34(35(54-7)25-37(36)60(8,52)53)48(39(51)59-41(4,5)6)16-10-11-29-23-30-32(46-31)12-9-13-33(30)49(29)27-42(43,44)45/h9,12-13,23-25,28,31,46H,14-22,26-27H2,1-8H3. The van der Waals surface area contributed by atoms with Gasteiger partial charge in [-0.25, -0.2) is 18.0 Å². The van der Waals surface area contributed by atoms with E-state index < -0.39 is 52.5 Å². The molecule has 14 nitrogen and oxygen atoms in total. The molecule has 2 amide bonds. The molecular formula is C42H55F3N4O10S. The minimum absolute atomic E-state index is 0.0218. The summed E-state index contributed by atoms with van der Waals surface area (Å²) in [6.07, 6.45) is -3.83. The summed E-state index contributed by atoms with van der Waals surface area (Å²) in [7, 11) is -2.59. The van der Waals surface area contributed by atoms with E-state index in [1.807, 2.05) is 0 Å². The van der Waals surface area contributed by atoms with Crippen LogP contribution in [0.25, 0.3) is 10.9 Å². The van der Waals surface area contributed by atoms with Crippen molar-refractivity contribution in [3.8, 4) is 23.3 Å². The summed E-state index contributed by atoms with van der Waals surface area (Å²) in [5, 5.41) is 4.07. The fraction of sp³-hybridized carbons (Fsp3) is 0.571. The topological polar surface area (TPSA) is 147 Å². The Balaban J connectivity index is 1.60. The van der Waals surface area contributed by atoms with Gasteiger partial charge in [-0.15, -0.1) is 0 Å². The monoisotopic (exact) mass is 864 g/mol. The van der Waals surface area contributed by atoms with Crippen molar-refractivity contribution < 1.29 is 59.6 Å². The van der Waals surface area contributed by atoms with Crippen molar-refractivity contribution in [3.63, 3.8) is 0 Å². The predicted octanol–water partition coefficient (Wildman–Crippen LogP) is 7.26. The molecular weight excluding hydrogens is 810 g/mol. The molecule has 0 saturated carbocycles. The minimum Gasteiger partial charge on any atom is -0.495 e. The number of carbonyl (C=O) groups is 2. The van der Waals surface area contributed by atoms with Crippen molar-refractivity contribution in [1.29, 1.82) is 0 Å². The van der Waals surface area contributed by atoms with E-state index in [2.05, 4.69) is 17.2 Å². The van der Waals surface area contributed by atoms with Crippen LogP contribution in [-0.4, -0.2) is 120 Å². The number of halogens is 3. The summed E-state index contributed by atoms with van der Waals surface area (Å²) in [5.74, 6) is 5.48. The van der Waals surface area contributed by atoms with Gasteiger partial charge in [-0.1, -0.05) is 12.0 Å². The Bertz CT molecular complexity index is 2190. The number of nitrogens with zero attached hydrogens (tertiary/aromatic N) is 3. The van der Waals surface area contributed by atoms with Crippen LogP contribution in [0.15, 0.2) is 41.3 Å². The van der Waals surface area contributed by atoms with Crippen molar-refractivity contribution in [2.24, 2.45) is 5.92 Å². The zero-order valence-electron chi connectivity index (χ0n) is 35.4. The second-order valence-corrected chi connectivity index (χ2v) is 18.7. The first-order valence-corrected chi connectivity index (χ1v) is 21.6. The lowest BCUT2D eigenvalue weighted by atomic mass is 9.89. The lowest BCUT2D eigenvalue weighted by Gasteiger charge is -2.40. The summed E-state index contributed by atoms with van der Waals surface area (Å²) < 4.78 is 104. The average molecular weight is 865 g/mol. The number of likely N-dealkylation sites (tertiary alicyclic amines) is 1. The SMILES string of the molecule is COc1cc(S(C)(=O)=O)c2cc1N(C(=O)OC(C)(C)C)CC#Cc1cc3c(cccc3n1CC(F)(F)F)NC1CCN(C(=O)OC(C)(C)C)CC1CCOCCOCCO2. The number of carbonyl (C=O) groups excluding carboxylic acids is 2. The first kappa shape index (κ1) is 46.2. The van der Waals surface area contributed by atoms with Crippen LogP contribution in [0.4, 0.5) is 34.1 Å². The molecule has 3 heterocycles. The quantitative estimate of drug-likeness (QED) is 0.266. The number of rotatable bonds is 3. The molecule has 1 aromatic heterocycles. The lowest BCUT2D eigenvalue weighted by Crippen LogP contribution is -2.50. The highest BCUT2D eigenvalue weighted by molar-refractivity contribution is 7.90. The van der Waals surface area contributed by atoms with E-state index in [0.29, 0.717) is 43.6 Å². The molecule has 60 heavy (non-hydrogen) atoms. The van der Waals surface area contributed by atoms with Gasteiger partial charge in [-0.05, 0) is 84.4 Å². The van der Waals surface area contributed by atoms with Crippen molar-refractivity contribution in [2.75, 3.05) is 76.3 Å². The van der Waals surface area contributed by atoms with Gasteiger partial charge in [0.05, 0.1) is 50.4 Å². The van der Waals surface area contributed by atoms with Crippen LogP contribution in [0.2, 0.25) is 0 Å². The fourth-order valence-electron chi connectivity index (χ4n) is 6.92. The van der Waals surface area contributed by atoms with Crippen LogP contribution in [0.3, 0.4) is 0 Å². The lowest BCUT2D eigenvalue weighted by molar-refractivity contribution is -0.140. The molecule has 2 aliphatic rings. The van der Waals surface area contributed by atoms with Gasteiger partial charge in [-0.3, -0.25) is 4.90 Å². The molecule has 1 N–H and O–H groups in total. The Labute approximate surface area is 349 Å². The van der Waals surface area contributed by atoms with Gasteiger partial charge in [0.2, 0.25) is 0 Å². The van der Waals surface area contributed by atoms with E-state index in [1.165, 1.54) is 19.2 Å². The van der Waals surface area contributed by atoms with Crippen LogP contribution < -0.4 is 19.7 Å². The molecule has 5 rings (SSSR count). The molecule has 2 atom stereocenters. The first-order valence-electron chi connectivity index (χ1n) is 19.7. The van der Waals surface area contributed by atoms with Crippen LogP contribution in [0.1, 0.15) is 60.1 Å². The Kier molecular flexibility index (Phi) is 14.5.